The number of aromatic nitrogens is 1. The zero-order chi connectivity index (χ0) is 9.84. The van der Waals surface area contributed by atoms with Crippen LogP contribution in [0.5, 0.6) is 0 Å². The number of nitrogens with zero attached hydrogens (tertiary/aromatic N) is 1. The largest absolute Gasteiger partial charge is 0.398 e. The quantitative estimate of drug-likeness (QED) is 0.693. The second-order valence-electron chi connectivity index (χ2n) is 2.63. The van der Waals surface area contributed by atoms with E-state index in [1.165, 1.54) is 11.8 Å². The summed E-state index contributed by atoms with van der Waals surface area (Å²) in [7, 11) is 0. The average molecular weight is 197 g/mol. The number of hydrogen-bond acceptors (Lipinski definition) is 4. The van der Waals surface area contributed by atoms with Crippen molar-refractivity contribution in [1.82, 2.24) is 4.98 Å². The number of aryl methyl sites for hydroxylation is 1. The summed E-state index contributed by atoms with van der Waals surface area (Å²) in [5.74, 6) is -0.124. The predicted octanol–water partition coefficient (Wildman–Crippen LogP) is 0.550. The van der Waals surface area contributed by atoms with Gasteiger partial charge in [-0.1, -0.05) is 11.8 Å². The molecule has 1 rings (SSSR count). The molecule has 0 fully saturated rings. The Bertz CT molecular complexity index is 327. The van der Waals surface area contributed by atoms with Gasteiger partial charge in [0.15, 0.2) is 0 Å². The second kappa shape index (κ2) is 4.13. The van der Waals surface area contributed by atoms with Crippen LogP contribution in [0.1, 0.15) is 5.56 Å². The molecule has 0 aliphatic rings. The molecule has 0 unspecified atom stereocenters. The Labute approximate surface area is 80.7 Å². The van der Waals surface area contributed by atoms with Crippen LogP contribution in [0.15, 0.2) is 17.3 Å². The highest BCUT2D eigenvalue weighted by atomic mass is 32.2. The highest BCUT2D eigenvalue weighted by molar-refractivity contribution is 7.99. The minimum Gasteiger partial charge on any atom is -0.398 e. The van der Waals surface area contributed by atoms with Gasteiger partial charge in [-0.3, -0.25) is 4.79 Å². The lowest BCUT2D eigenvalue weighted by molar-refractivity contribution is -0.115. The molecule has 0 aliphatic heterocycles. The molecule has 0 aromatic carbocycles. The molecule has 1 aromatic rings. The van der Waals surface area contributed by atoms with E-state index < -0.39 is 0 Å². The first-order valence-electron chi connectivity index (χ1n) is 3.73. The van der Waals surface area contributed by atoms with Crippen molar-refractivity contribution >= 4 is 23.4 Å². The number of primary amides is 1. The fourth-order valence-corrected chi connectivity index (χ4v) is 1.37. The Morgan fingerprint density at radius 1 is 1.69 bits per heavy atom. The second-order valence-corrected chi connectivity index (χ2v) is 3.63. The molecule has 0 aliphatic carbocycles. The molecule has 4 nitrogen and oxygen atoms in total. The van der Waals surface area contributed by atoms with Crippen LogP contribution in [0.4, 0.5) is 5.69 Å². The van der Waals surface area contributed by atoms with Gasteiger partial charge in [0.25, 0.3) is 0 Å². The number of nitrogens with two attached hydrogens (primary N) is 2. The van der Waals surface area contributed by atoms with Gasteiger partial charge in [-0.25, -0.2) is 4.98 Å². The number of thioether (sulfide) groups is 1. The number of carbonyl (C=O) groups is 1. The Kier molecular flexibility index (Phi) is 3.13. The van der Waals surface area contributed by atoms with Crippen molar-refractivity contribution in [3.05, 3.63) is 17.8 Å². The van der Waals surface area contributed by atoms with Crippen molar-refractivity contribution < 1.29 is 4.79 Å². The maximum atomic E-state index is 10.5. The Balaban J connectivity index is 2.68. The number of carbonyl (C=O) groups excluding carboxylic acids is 1. The standard InChI is InChI=1S/C8H11N3OS/c1-5-3-11-8(2-6(5)9)13-4-7(10)12/h2-3H,4H2,1H3,(H2,9,11)(H2,10,12). The number of anilines is 1. The van der Waals surface area contributed by atoms with Gasteiger partial charge >= 0.3 is 0 Å². The van der Waals surface area contributed by atoms with Gasteiger partial charge in [-0.15, -0.1) is 0 Å². The maximum absolute atomic E-state index is 10.5. The van der Waals surface area contributed by atoms with Gasteiger partial charge in [0.2, 0.25) is 5.91 Å². The van der Waals surface area contributed by atoms with Crippen LogP contribution in [0.3, 0.4) is 0 Å². The summed E-state index contributed by atoms with van der Waals surface area (Å²) < 4.78 is 0. The third-order valence-corrected chi connectivity index (χ3v) is 2.43. The normalized spacial score (nSPS) is 9.92. The summed E-state index contributed by atoms with van der Waals surface area (Å²) >= 11 is 1.29. The number of nitrogen functional groups attached to an aromatic ring is 1. The van der Waals surface area contributed by atoms with Gasteiger partial charge in [0.05, 0.1) is 10.8 Å². The number of amides is 1. The van der Waals surface area contributed by atoms with Crippen LogP contribution in [-0.4, -0.2) is 16.6 Å². The Hall–Kier alpha value is -1.23. The first-order valence-corrected chi connectivity index (χ1v) is 4.71. The zero-order valence-electron chi connectivity index (χ0n) is 7.28. The van der Waals surface area contributed by atoms with Gasteiger partial charge in [0.1, 0.15) is 0 Å². The third-order valence-electron chi connectivity index (χ3n) is 1.48. The van der Waals surface area contributed by atoms with E-state index >= 15 is 0 Å². The first kappa shape index (κ1) is 9.85. The van der Waals surface area contributed by atoms with E-state index in [0.29, 0.717) is 5.69 Å². The molecular formula is C8H11N3OS. The van der Waals surface area contributed by atoms with E-state index in [2.05, 4.69) is 4.98 Å². The average Bonchev–Trinajstić information content (AvgIpc) is 2.07. The summed E-state index contributed by atoms with van der Waals surface area (Å²) in [6.45, 7) is 1.88. The molecule has 0 bridgehead atoms. The van der Waals surface area contributed by atoms with Crippen molar-refractivity contribution in [2.24, 2.45) is 5.73 Å². The van der Waals surface area contributed by atoms with E-state index in [1.54, 1.807) is 12.3 Å². The van der Waals surface area contributed by atoms with Crippen molar-refractivity contribution in [3.8, 4) is 0 Å². The lowest BCUT2D eigenvalue weighted by atomic mass is 10.3. The van der Waals surface area contributed by atoms with Gasteiger partial charge < -0.3 is 11.5 Å². The minimum absolute atomic E-state index is 0.232. The number of rotatable bonds is 3. The Morgan fingerprint density at radius 2 is 2.38 bits per heavy atom. The fraction of sp³-hybridized carbons (Fsp3) is 0.250. The van der Waals surface area contributed by atoms with Crippen molar-refractivity contribution in [2.45, 2.75) is 11.9 Å². The molecule has 1 aromatic heterocycles. The third kappa shape index (κ3) is 2.95. The van der Waals surface area contributed by atoms with Crippen LogP contribution >= 0.6 is 11.8 Å². The molecule has 0 saturated heterocycles. The summed E-state index contributed by atoms with van der Waals surface area (Å²) in [4.78, 5) is 14.6. The van der Waals surface area contributed by atoms with Gasteiger partial charge in [-0.05, 0) is 18.6 Å². The van der Waals surface area contributed by atoms with Crippen molar-refractivity contribution in [3.63, 3.8) is 0 Å². The van der Waals surface area contributed by atoms with Crippen LogP contribution in [-0.2, 0) is 4.79 Å². The highest BCUT2D eigenvalue weighted by Crippen LogP contribution is 2.19. The van der Waals surface area contributed by atoms with Gasteiger partial charge in [0, 0.05) is 11.9 Å². The molecule has 1 amide bonds. The van der Waals surface area contributed by atoms with Crippen LogP contribution in [0, 0.1) is 6.92 Å². The molecule has 0 radical (unpaired) electrons. The van der Waals surface area contributed by atoms with E-state index in [4.69, 9.17) is 11.5 Å². The zero-order valence-corrected chi connectivity index (χ0v) is 8.10. The highest BCUT2D eigenvalue weighted by Gasteiger charge is 2.01. The van der Waals surface area contributed by atoms with Crippen LogP contribution in [0.2, 0.25) is 0 Å². The predicted molar refractivity (Wildman–Crippen MR) is 53.3 cm³/mol. The molecule has 5 heteroatoms. The monoisotopic (exact) mass is 197 g/mol. The van der Waals surface area contributed by atoms with Crippen molar-refractivity contribution in [1.29, 1.82) is 0 Å². The molecule has 13 heavy (non-hydrogen) atoms. The first-order chi connectivity index (χ1) is 6.09. The number of hydrogen-bond donors (Lipinski definition) is 2. The van der Waals surface area contributed by atoms with Crippen LogP contribution < -0.4 is 11.5 Å². The lowest BCUT2D eigenvalue weighted by Gasteiger charge is -2.01. The van der Waals surface area contributed by atoms with E-state index in [1.807, 2.05) is 6.92 Å². The molecule has 0 spiro atoms. The molecule has 4 N–H and O–H groups in total. The Morgan fingerprint density at radius 3 is 2.92 bits per heavy atom. The number of pyridine rings is 1. The summed E-state index contributed by atoms with van der Waals surface area (Å²) in [6, 6.07) is 1.74. The molecule has 0 atom stereocenters. The summed E-state index contributed by atoms with van der Waals surface area (Å²) in [5, 5.41) is 0.724. The van der Waals surface area contributed by atoms with Gasteiger partial charge in [-0.2, -0.15) is 0 Å². The van der Waals surface area contributed by atoms with E-state index in [9.17, 15) is 4.79 Å². The van der Waals surface area contributed by atoms with Crippen LogP contribution in [0.25, 0.3) is 0 Å². The van der Waals surface area contributed by atoms with Crippen molar-refractivity contribution in [2.75, 3.05) is 11.5 Å². The lowest BCUT2D eigenvalue weighted by Crippen LogP contribution is -2.13. The summed E-state index contributed by atoms with van der Waals surface area (Å²) in [6.07, 6.45) is 1.68. The van der Waals surface area contributed by atoms with E-state index in [-0.39, 0.29) is 11.7 Å². The molecule has 70 valence electrons. The fourth-order valence-electron chi connectivity index (χ4n) is 0.743. The topological polar surface area (TPSA) is 82.0 Å². The van der Waals surface area contributed by atoms with E-state index in [0.717, 1.165) is 10.6 Å². The molecule has 1 heterocycles. The molecular weight excluding hydrogens is 186 g/mol. The SMILES string of the molecule is Cc1cnc(SCC(N)=O)cc1N. The smallest absolute Gasteiger partial charge is 0.227 e. The molecule has 0 saturated carbocycles. The summed E-state index contributed by atoms with van der Waals surface area (Å²) in [5.41, 5.74) is 12.3. The minimum atomic E-state index is -0.356. The maximum Gasteiger partial charge on any atom is 0.227 e.